The van der Waals surface area contributed by atoms with Gasteiger partial charge in [-0.25, -0.2) is 9.78 Å². The van der Waals surface area contributed by atoms with E-state index in [0.29, 0.717) is 18.9 Å². The first-order valence-corrected chi connectivity index (χ1v) is 10.2. The fraction of sp³-hybridized carbons (Fsp3) is 0.526. The number of nitrogens with one attached hydrogen (secondary N) is 1. The number of para-hydroxylation sites is 1. The molecule has 7 nitrogen and oxygen atoms in total. The molecule has 0 bridgehead atoms. The van der Waals surface area contributed by atoms with Crippen LogP contribution in [0.4, 0.5) is 4.79 Å². The lowest BCUT2D eigenvalue weighted by atomic mass is 9.98. The van der Waals surface area contributed by atoms with Crippen molar-refractivity contribution >= 4 is 33.5 Å². The van der Waals surface area contributed by atoms with Gasteiger partial charge in [-0.1, -0.05) is 12.1 Å². The first-order chi connectivity index (χ1) is 13.1. The summed E-state index contributed by atoms with van der Waals surface area (Å²) in [5.74, 6) is -0.0123. The Balaban J connectivity index is 1.25. The smallest absolute Gasteiger partial charge is 0.317 e. The molecule has 2 aliphatic heterocycles. The number of nitrogens with two attached hydrogens (primary N) is 1. The lowest BCUT2D eigenvalue weighted by Crippen LogP contribution is -2.46. The first-order valence-electron chi connectivity index (χ1n) is 9.43. The highest BCUT2D eigenvalue weighted by Crippen LogP contribution is 2.33. The summed E-state index contributed by atoms with van der Waals surface area (Å²) in [6.45, 7) is 1.87. The van der Waals surface area contributed by atoms with E-state index in [1.165, 1.54) is 9.71 Å². The molecule has 1 aromatic carbocycles. The van der Waals surface area contributed by atoms with E-state index in [4.69, 9.17) is 15.5 Å². The van der Waals surface area contributed by atoms with Crippen molar-refractivity contribution in [2.75, 3.05) is 19.6 Å². The molecule has 3 amide bonds. The van der Waals surface area contributed by atoms with Crippen LogP contribution in [0.2, 0.25) is 0 Å². The van der Waals surface area contributed by atoms with Gasteiger partial charge in [0.05, 0.1) is 21.3 Å². The molecular weight excluding hydrogens is 364 g/mol. The Kier molecular flexibility index (Phi) is 5.27. The summed E-state index contributed by atoms with van der Waals surface area (Å²) in [6, 6.07) is 8.14. The van der Waals surface area contributed by atoms with E-state index >= 15 is 0 Å². The molecule has 27 heavy (non-hydrogen) atoms. The SMILES string of the molecule is NC(=O)C1CCC(CNC(=O)N2CCC(c3nc4ccccc4s3)CC2)O1. The van der Waals surface area contributed by atoms with Gasteiger partial charge in [0.15, 0.2) is 0 Å². The Morgan fingerprint density at radius 3 is 2.70 bits per heavy atom. The van der Waals surface area contributed by atoms with E-state index in [2.05, 4.69) is 11.4 Å². The third-order valence-electron chi connectivity index (χ3n) is 5.35. The van der Waals surface area contributed by atoms with Gasteiger partial charge in [0.1, 0.15) is 6.10 Å². The maximum Gasteiger partial charge on any atom is 0.317 e. The van der Waals surface area contributed by atoms with Crippen LogP contribution in [0, 0.1) is 0 Å². The number of hydrogen-bond acceptors (Lipinski definition) is 5. The standard InChI is InChI=1S/C19H24N4O3S/c20-17(24)15-6-5-13(26-15)11-21-19(25)23-9-7-12(8-10-23)18-22-14-3-1-2-4-16(14)27-18/h1-4,12-13,15H,5-11H2,(H2,20,24)(H,21,25). The average Bonchev–Trinajstić information content (AvgIpc) is 3.33. The van der Waals surface area contributed by atoms with Crippen LogP contribution < -0.4 is 11.1 Å². The summed E-state index contributed by atoms with van der Waals surface area (Å²) >= 11 is 1.76. The summed E-state index contributed by atoms with van der Waals surface area (Å²) in [6.07, 6.45) is 2.58. The molecule has 144 valence electrons. The second-order valence-corrected chi connectivity index (χ2v) is 8.26. The van der Waals surface area contributed by atoms with Gasteiger partial charge in [0, 0.05) is 25.6 Å². The summed E-state index contributed by atoms with van der Waals surface area (Å²) in [5.41, 5.74) is 6.31. The van der Waals surface area contributed by atoms with Crippen LogP contribution in [0.3, 0.4) is 0 Å². The van der Waals surface area contributed by atoms with E-state index in [1.807, 2.05) is 23.1 Å². The molecule has 2 fully saturated rings. The molecule has 2 saturated heterocycles. The number of thiazole rings is 1. The molecule has 2 unspecified atom stereocenters. The second-order valence-electron chi connectivity index (χ2n) is 7.19. The number of primary amides is 1. The van der Waals surface area contributed by atoms with Gasteiger partial charge in [-0.3, -0.25) is 4.79 Å². The molecule has 0 saturated carbocycles. The zero-order valence-corrected chi connectivity index (χ0v) is 15.9. The Morgan fingerprint density at radius 2 is 2.00 bits per heavy atom. The van der Waals surface area contributed by atoms with E-state index in [9.17, 15) is 9.59 Å². The molecule has 3 N–H and O–H groups in total. The van der Waals surface area contributed by atoms with Crippen molar-refractivity contribution in [1.82, 2.24) is 15.2 Å². The van der Waals surface area contributed by atoms with E-state index in [1.54, 1.807) is 11.3 Å². The highest BCUT2D eigenvalue weighted by Gasteiger charge is 2.30. The van der Waals surface area contributed by atoms with Crippen LogP contribution >= 0.6 is 11.3 Å². The van der Waals surface area contributed by atoms with Gasteiger partial charge in [0.25, 0.3) is 0 Å². The minimum Gasteiger partial charge on any atom is -0.367 e. The minimum atomic E-state index is -0.517. The predicted octanol–water partition coefficient (Wildman–Crippen LogP) is 2.22. The molecule has 0 spiro atoms. The molecule has 2 aromatic rings. The lowest BCUT2D eigenvalue weighted by Gasteiger charge is -2.31. The van der Waals surface area contributed by atoms with Crippen LogP contribution in [0.25, 0.3) is 10.2 Å². The van der Waals surface area contributed by atoms with Gasteiger partial charge in [0.2, 0.25) is 5.91 Å². The number of benzene rings is 1. The van der Waals surface area contributed by atoms with E-state index in [-0.39, 0.29) is 12.1 Å². The number of ether oxygens (including phenoxy) is 1. The van der Waals surface area contributed by atoms with Crippen LogP contribution in [0.5, 0.6) is 0 Å². The van der Waals surface area contributed by atoms with Gasteiger partial charge in [-0.15, -0.1) is 11.3 Å². The molecule has 2 atom stereocenters. The summed E-state index contributed by atoms with van der Waals surface area (Å²) < 4.78 is 6.77. The zero-order chi connectivity index (χ0) is 18.8. The van der Waals surface area contributed by atoms with Gasteiger partial charge in [-0.2, -0.15) is 0 Å². The lowest BCUT2D eigenvalue weighted by molar-refractivity contribution is -0.128. The molecule has 2 aliphatic rings. The molecular formula is C19H24N4O3S. The summed E-state index contributed by atoms with van der Waals surface area (Å²) in [5, 5.41) is 4.10. The third kappa shape index (κ3) is 4.06. The molecule has 0 aliphatic carbocycles. The van der Waals surface area contributed by atoms with Crippen LogP contribution in [0.15, 0.2) is 24.3 Å². The molecule has 1 aromatic heterocycles. The van der Waals surface area contributed by atoms with Crippen molar-refractivity contribution in [1.29, 1.82) is 0 Å². The van der Waals surface area contributed by atoms with E-state index < -0.39 is 12.0 Å². The number of likely N-dealkylation sites (tertiary alicyclic amines) is 1. The number of rotatable bonds is 4. The highest BCUT2D eigenvalue weighted by molar-refractivity contribution is 7.18. The molecule has 3 heterocycles. The number of aromatic nitrogens is 1. The number of nitrogens with zero attached hydrogens (tertiary/aromatic N) is 2. The van der Waals surface area contributed by atoms with E-state index in [0.717, 1.165) is 37.9 Å². The largest absolute Gasteiger partial charge is 0.367 e. The number of piperidine rings is 1. The van der Waals surface area contributed by atoms with Crippen LogP contribution in [0.1, 0.15) is 36.6 Å². The number of carbonyl (C=O) groups is 2. The van der Waals surface area contributed by atoms with Gasteiger partial charge in [-0.05, 0) is 37.8 Å². The quantitative estimate of drug-likeness (QED) is 0.839. The Hall–Kier alpha value is -2.19. The second kappa shape index (κ2) is 7.82. The average molecular weight is 388 g/mol. The van der Waals surface area contributed by atoms with Crippen LogP contribution in [-0.2, 0) is 9.53 Å². The normalized spacial score (nSPS) is 23.6. The Bertz CT molecular complexity index is 798. The number of amides is 3. The Morgan fingerprint density at radius 1 is 1.22 bits per heavy atom. The van der Waals surface area contributed by atoms with Crippen molar-refractivity contribution < 1.29 is 14.3 Å². The maximum absolute atomic E-state index is 12.4. The third-order valence-corrected chi connectivity index (χ3v) is 6.55. The number of carbonyl (C=O) groups excluding carboxylic acids is 2. The fourth-order valence-corrected chi connectivity index (χ4v) is 4.91. The molecule has 0 radical (unpaired) electrons. The van der Waals surface area contributed by atoms with Crippen molar-refractivity contribution in [3.05, 3.63) is 29.3 Å². The Labute approximate surface area is 161 Å². The molecule has 4 rings (SSSR count). The van der Waals surface area contributed by atoms with Crippen molar-refractivity contribution in [2.45, 2.75) is 43.8 Å². The fourth-order valence-electron chi connectivity index (χ4n) is 3.77. The topological polar surface area (TPSA) is 97.5 Å². The monoisotopic (exact) mass is 388 g/mol. The van der Waals surface area contributed by atoms with Crippen LogP contribution in [-0.4, -0.2) is 53.7 Å². The zero-order valence-electron chi connectivity index (χ0n) is 15.1. The van der Waals surface area contributed by atoms with Gasteiger partial charge >= 0.3 is 6.03 Å². The van der Waals surface area contributed by atoms with Crippen molar-refractivity contribution in [3.8, 4) is 0 Å². The summed E-state index contributed by atoms with van der Waals surface area (Å²) in [7, 11) is 0. The number of fused-ring (bicyclic) bond motifs is 1. The number of urea groups is 1. The number of hydrogen-bond donors (Lipinski definition) is 2. The maximum atomic E-state index is 12.4. The van der Waals surface area contributed by atoms with Crippen molar-refractivity contribution in [2.24, 2.45) is 5.73 Å². The predicted molar refractivity (Wildman–Crippen MR) is 104 cm³/mol. The summed E-state index contributed by atoms with van der Waals surface area (Å²) in [4.78, 5) is 30.2. The van der Waals surface area contributed by atoms with Gasteiger partial charge < -0.3 is 20.7 Å². The minimum absolute atomic E-state index is 0.0659. The molecule has 8 heteroatoms. The first kappa shape index (κ1) is 18.2. The highest BCUT2D eigenvalue weighted by atomic mass is 32.1. The van der Waals surface area contributed by atoms with Crippen molar-refractivity contribution in [3.63, 3.8) is 0 Å².